The highest BCUT2D eigenvalue weighted by atomic mass is 32.2. The lowest BCUT2D eigenvalue weighted by Gasteiger charge is -2.15. The summed E-state index contributed by atoms with van der Waals surface area (Å²) in [5.74, 6) is 0.0868. The zero-order valence-electron chi connectivity index (χ0n) is 17.3. The number of rotatable bonds is 10. The van der Waals surface area contributed by atoms with Crippen LogP contribution >= 0.6 is 0 Å². The molecule has 1 heterocycles. The van der Waals surface area contributed by atoms with Crippen LogP contribution in [0, 0.1) is 5.82 Å². The number of benzene rings is 2. The molecule has 0 saturated carbocycles. The molecule has 3 aromatic rings. The number of aliphatic hydroxyl groups excluding tert-OH is 1. The molecule has 0 bridgehead atoms. The first-order chi connectivity index (χ1) is 15.3. The van der Waals surface area contributed by atoms with Gasteiger partial charge in [-0.25, -0.2) is 17.8 Å². The predicted molar refractivity (Wildman–Crippen MR) is 119 cm³/mol. The van der Waals surface area contributed by atoms with Crippen LogP contribution in [0.1, 0.15) is 0 Å². The molecule has 0 saturated heterocycles. The topological polar surface area (TPSA) is 135 Å². The van der Waals surface area contributed by atoms with Crippen LogP contribution in [0.15, 0.2) is 48.7 Å². The predicted octanol–water partition coefficient (Wildman–Crippen LogP) is 2.85. The van der Waals surface area contributed by atoms with E-state index in [1.54, 1.807) is 36.4 Å². The maximum absolute atomic E-state index is 14.4. The van der Waals surface area contributed by atoms with Crippen LogP contribution in [0.3, 0.4) is 0 Å². The number of hydrogen-bond acceptors (Lipinski definition) is 9. The van der Waals surface area contributed by atoms with Crippen LogP contribution in [0.2, 0.25) is 0 Å². The molecule has 10 nitrogen and oxygen atoms in total. The largest absolute Gasteiger partial charge is 0.495 e. The Kier molecular flexibility index (Phi) is 7.28. The number of anilines is 5. The minimum Gasteiger partial charge on any atom is -0.495 e. The van der Waals surface area contributed by atoms with E-state index < -0.39 is 15.8 Å². The van der Waals surface area contributed by atoms with Gasteiger partial charge in [0.05, 0.1) is 43.2 Å². The second-order valence-electron chi connectivity index (χ2n) is 6.49. The van der Waals surface area contributed by atoms with Crippen molar-refractivity contribution in [2.75, 3.05) is 41.9 Å². The van der Waals surface area contributed by atoms with E-state index in [4.69, 9.17) is 14.6 Å². The van der Waals surface area contributed by atoms with Crippen molar-refractivity contribution in [2.45, 2.75) is 0 Å². The molecule has 0 unspecified atom stereocenters. The lowest BCUT2D eigenvalue weighted by molar-refractivity contribution is 0.201. The number of aromatic nitrogens is 2. The molecular formula is C20H22FN5O5S. The number of hydrogen-bond donors (Lipinski definition) is 4. The molecule has 0 aliphatic carbocycles. The summed E-state index contributed by atoms with van der Waals surface area (Å²) < 4.78 is 50.7. The van der Waals surface area contributed by atoms with Gasteiger partial charge in [0, 0.05) is 6.07 Å². The maximum Gasteiger partial charge on any atom is 0.229 e. The van der Waals surface area contributed by atoms with E-state index in [1.165, 1.54) is 13.2 Å². The summed E-state index contributed by atoms with van der Waals surface area (Å²) in [4.78, 5) is 8.09. The Morgan fingerprint density at radius 3 is 2.53 bits per heavy atom. The van der Waals surface area contributed by atoms with E-state index in [0.717, 1.165) is 12.5 Å². The standard InChI is InChI=1S/C20H22FN5O5S/c1-30-18-8-7-13(31-10-9-27)11-17(18)24-20-22-12-14(21)19(25-20)23-15-5-3-4-6-16(15)26-32(2,28)29/h3-8,11-12,26-27H,9-10H2,1-2H3,(H2,22,23,24,25). The average Bonchev–Trinajstić information content (AvgIpc) is 2.75. The zero-order valence-corrected chi connectivity index (χ0v) is 18.1. The van der Waals surface area contributed by atoms with Gasteiger partial charge in [0.2, 0.25) is 16.0 Å². The van der Waals surface area contributed by atoms with Crippen LogP contribution in [-0.4, -0.2) is 50.1 Å². The summed E-state index contributed by atoms with van der Waals surface area (Å²) in [5.41, 5.74) is 0.996. The normalized spacial score (nSPS) is 11.0. The van der Waals surface area contributed by atoms with Crippen LogP contribution in [0.5, 0.6) is 11.5 Å². The van der Waals surface area contributed by atoms with Crippen LogP contribution < -0.4 is 24.8 Å². The molecule has 170 valence electrons. The average molecular weight is 463 g/mol. The third-order valence-corrected chi connectivity index (χ3v) is 4.59. The highest BCUT2D eigenvalue weighted by Crippen LogP contribution is 2.32. The van der Waals surface area contributed by atoms with Gasteiger partial charge < -0.3 is 25.2 Å². The fourth-order valence-corrected chi connectivity index (χ4v) is 3.26. The maximum atomic E-state index is 14.4. The van der Waals surface area contributed by atoms with Crippen molar-refractivity contribution in [3.63, 3.8) is 0 Å². The van der Waals surface area contributed by atoms with E-state index in [2.05, 4.69) is 25.3 Å². The summed E-state index contributed by atoms with van der Waals surface area (Å²) in [6.07, 6.45) is 1.99. The smallest absolute Gasteiger partial charge is 0.229 e. The van der Waals surface area contributed by atoms with Crippen molar-refractivity contribution in [2.24, 2.45) is 0 Å². The van der Waals surface area contributed by atoms with E-state index in [1.807, 2.05) is 0 Å². The number of nitrogens with zero attached hydrogens (tertiary/aromatic N) is 2. The monoisotopic (exact) mass is 463 g/mol. The number of halogens is 1. The summed E-state index contributed by atoms with van der Waals surface area (Å²) in [7, 11) is -2.05. The Bertz CT molecular complexity index is 1190. The van der Waals surface area contributed by atoms with Crippen molar-refractivity contribution in [3.8, 4) is 11.5 Å². The number of sulfonamides is 1. The van der Waals surface area contributed by atoms with Crippen molar-refractivity contribution < 1.29 is 27.4 Å². The number of methoxy groups -OCH3 is 1. The molecule has 0 aliphatic heterocycles. The summed E-state index contributed by atoms with van der Waals surface area (Å²) >= 11 is 0. The van der Waals surface area contributed by atoms with Crippen molar-refractivity contribution >= 4 is 38.9 Å². The van der Waals surface area contributed by atoms with E-state index in [0.29, 0.717) is 22.9 Å². The van der Waals surface area contributed by atoms with Gasteiger partial charge in [0.15, 0.2) is 11.6 Å². The quantitative estimate of drug-likeness (QED) is 0.358. The van der Waals surface area contributed by atoms with Gasteiger partial charge in [-0.15, -0.1) is 0 Å². The third-order valence-electron chi connectivity index (χ3n) is 4.00. The molecule has 0 amide bonds. The van der Waals surface area contributed by atoms with Crippen molar-refractivity contribution in [3.05, 3.63) is 54.5 Å². The number of para-hydroxylation sites is 2. The van der Waals surface area contributed by atoms with Gasteiger partial charge in [-0.1, -0.05) is 12.1 Å². The Balaban J connectivity index is 1.88. The Morgan fingerprint density at radius 1 is 1.09 bits per heavy atom. The summed E-state index contributed by atoms with van der Waals surface area (Å²) in [5, 5.41) is 14.6. The highest BCUT2D eigenvalue weighted by molar-refractivity contribution is 7.92. The Hall–Kier alpha value is -3.64. The first kappa shape index (κ1) is 23.0. The SMILES string of the molecule is COc1ccc(OCCO)cc1Nc1ncc(F)c(Nc2ccccc2NS(C)(=O)=O)n1. The second-order valence-corrected chi connectivity index (χ2v) is 8.24. The van der Waals surface area contributed by atoms with Crippen LogP contribution in [-0.2, 0) is 10.0 Å². The first-order valence-corrected chi connectivity index (χ1v) is 11.2. The van der Waals surface area contributed by atoms with Crippen LogP contribution in [0.4, 0.5) is 33.2 Å². The molecule has 2 aromatic carbocycles. The van der Waals surface area contributed by atoms with E-state index >= 15 is 0 Å². The minimum atomic E-state index is -3.54. The molecule has 0 radical (unpaired) electrons. The zero-order chi connectivity index (χ0) is 23.1. The van der Waals surface area contributed by atoms with Gasteiger partial charge in [-0.2, -0.15) is 4.98 Å². The van der Waals surface area contributed by atoms with E-state index in [9.17, 15) is 12.8 Å². The molecule has 0 aliphatic rings. The second kappa shape index (κ2) is 10.1. The Labute approximate surface area is 184 Å². The van der Waals surface area contributed by atoms with Gasteiger partial charge in [0.25, 0.3) is 0 Å². The number of nitrogens with one attached hydrogen (secondary N) is 3. The fourth-order valence-electron chi connectivity index (χ4n) is 2.68. The minimum absolute atomic E-state index is 0.0556. The van der Waals surface area contributed by atoms with Crippen molar-refractivity contribution in [1.29, 1.82) is 0 Å². The lowest BCUT2D eigenvalue weighted by Crippen LogP contribution is -2.11. The molecule has 0 atom stereocenters. The molecule has 4 N–H and O–H groups in total. The molecule has 1 aromatic heterocycles. The third kappa shape index (κ3) is 6.18. The molecule has 0 spiro atoms. The lowest BCUT2D eigenvalue weighted by atomic mass is 10.2. The molecule has 32 heavy (non-hydrogen) atoms. The van der Waals surface area contributed by atoms with Gasteiger partial charge >= 0.3 is 0 Å². The van der Waals surface area contributed by atoms with Gasteiger partial charge in [0.1, 0.15) is 18.1 Å². The molecule has 3 rings (SSSR count). The first-order valence-electron chi connectivity index (χ1n) is 9.34. The van der Waals surface area contributed by atoms with Crippen molar-refractivity contribution in [1.82, 2.24) is 9.97 Å². The van der Waals surface area contributed by atoms with E-state index in [-0.39, 0.29) is 30.7 Å². The summed E-state index contributed by atoms with van der Waals surface area (Å²) in [6, 6.07) is 11.4. The Morgan fingerprint density at radius 2 is 1.84 bits per heavy atom. The molecule has 12 heteroatoms. The summed E-state index contributed by atoms with van der Waals surface area (Å²) in [6.45, 7) is -0.0195. The molecule has 0 fully saturated rings. The van der Waals surface area contributed by atoms with Gasteiger partial charge in [-0.3, -0.25) is 4.72 Å². The number of ether oxygens (including phenoxy) is 2. The van der Waals surface area contributed by atoms with Crippen LogP contribution in [0.25, 0.3) is 0 Å². The highest BCUT2D eigenvalue weighted by Gasteiger charge is 2.13. The number of aliphatic hydroxyl groups is 1. The fraction of sp³-hybridized carbons (Fsp3) is 0.200. The molecular weight excluding hydrogens is 441 g/mol. The van der Waals surface area contributed by atoms with Gasteiger partial charge in [-0.05, 0) is 24.3 Å².